The van der Waals surface area contributed by atoms with Crippen LogP contribution in [0.3, 0.4) is 0 Å². The second-order valence-electron chi connectivity index (χ2n) is 5.39. The van der Waals surface area contributed by atoms with Crippen LogP contribution in [0.25, 0.3) is 0 Å². The third kappa shape index (κ3) is 4.59. The molecule has 1 heterocycles. The zero-order valence-corrected chi connectivity index (χ0v) is 12.5. The molecule has 0 fully saturated rings. The van der Waals surface area contributed by atoms with Crippen LogP contribution in [0, 0.1) is 5.92 Å². The van der Waals surface area contributed by atoms with Gasteiger partial charge in [-0.1, -0.05) is 25.4 Å². The number of aromatic nitrogens is 2. The topological polar surface area (TPSA) is 41.3 Å². The maximum Gasteiger partial charge on any atom is 0.0971 e. The summed E-state index contributed by atoms with van der Waals surface area (Å²) in [5.74, 6) is 0.580. The highest BCUT2D eigenvalue weighted by Crippen LogP contribution is 2.27. The quantitative estimate of drug-likeness (QED) is 0.830. The maximum atomic E-state index is 10.2. The second kappa shape index (κ2) is 7.12. The molecule has 0 spiro atoms. The number of hydrogen-bond acceptors (Lipinski definition) is 3. The number of aliphatic hydroxyl groups is 1. The first-order chi connectivity index (χ1) is 8.41. The van der Waals surface area contributed by atoms with Gasteiger partial charge in [0.15, 0.2) is 0 Å². The maximum absolute atomic E-state index is 10.2. The Kier molecular flexibility index (Phi) is 6.12. The number of likely N-dealkylation sites (N-methyl/N-ethyl adjacent to an activating group) is 1. The molecule has 1 atom stereocenters. The van der Waals surface area contributed by atoms with E-state index in [1.54, 1.807) is 6.20 Å². The molecule has 104 valence electrons. The molecule has 0 radical (unpaired) electrons. The van der Waals surface area contributed by atoms with Gasteiger partial charge in [-0.3, -0.25) is 4.68 Å². The molecule has 1 N–H and O–H groups in total. The molecular weight excluding hydrogens is 250 g/mol. The van der Waals surface area contributed by atoms with Crippen LogP contribution in [0.5, 0.6) is 0 Å². The first kappa shape index (κ1) is 15.5. The highest BCUT2D eigenvalue weighted by molar-refractivity contribution is 6.31. The van der Waals surface area contributed by atoms with Gasteiger partial charge >= 0.3 is 0 Å². The highest BCUT2D eigenvalue weighted by atomic mass is 35.5. The predicted octanol–water partition coefficient (Wildman–Crippen LogP) is 2.57. The zero-order valence-electron chi connectivity index (χ0n) is 11.7. The molecule has 0 saturated heterocycles. The predicted molar refractivity (Wildman–Crippen MR) is 74.8 cm³/mol. The van der Waals surface area contributed by atoms with Gasteiger partial charge in [-0.2, -0.15) is 5.10 Å². The van der Waals surface area contributed by atoms with E-state index in [9.17, 15) is 5.11 Å². The van der Waals surface area contributed by atoms with Crippen molar-refractivity contribution in [3.05, 3.63) is 16.9 Å². The third-order valence-electron chi connectivity index (χ3n) is 2.93. The van der Waals surface area contributed by atoms with Crippen LogP contribution in [-0.2, 0) is 6.54 Å². The fourth-order valence-electron chi connectivity index (χ4n) is 1.80. The molecule has 5 heteroatoms. The summed E-state index contributed by atoms with van der Waals surface area (Å²) in [5.41, 5.74) is 0.749. The van der Waals surface area contributed by atoms with E-state index < -0.39 is 6.10 Å². The molecule has 1 rings (SSSR count). The number of halogens is 1. The van der Waals surface area contributed by atoms with Crippen LogP contribution in [0.15, 0.2) is 6.20 Å². The number of aliphatic hydroxyl groups excluding tert-OH is 1. The van der Waals surface area contributed by atoms with E-state index in [2.05, 4.69) is 23.8 Å². The normalized spacial score (nSPS) is 13.6. The summed E-state index contributed by atoms with van der Waals surface area (Å²) in [4.78, 5) is 2.08. The first-order valence-corrected chi connectivity index (χ1v) is 6.83. The zero-order chi connectivity index (χ0) is 13.7. The molecule has 4 nitrogen and oxygen atoms in total. The molecule has 1 aromatic rings. The Labute approximate surface area is 115 Å². The van der Waals surface area contributed by atoms with Crippen molar-refractivity contribution in [2.75, 3.05) is 20.6 Å². The van der Waals surface area contributed by atoms with Gasteiger partial charge in [0, 0.05) is 6.54 Å². The SMILES string of the molecule is CC(C)CCC(O)c1c(Cl)cnn1CCN(C)C. The molecular formula is C13H24ClN3O. The number of nitrogens with zero attached hydrogens (tertiary/aromatic N) is 3. The van der Waals surface area contributed by atoms with Crippen molar-refractivity contribution in [1.29, 1.82) is 0 Å². The minimum absolute atomic E-state index is 0.524. The van der Waals surface area contributed by atoms with Crippen LogP contribution in [0.4, 0.5) is 0 Å². The Balaban J connectivity index is 2.70. The van der Waals surface area contributed by atoms with E-state index in [-0.39, 0.29) is 0 Å². The van der Waals surface area contributed by atoms with Crippen molar-refractivity contribution in [2.24, 2.45) is 5.92 Å². The molecule has 18 heavy (non-hydrogen) atoms. The summed E-state index contributed by atoms with van der Waals surface area (Å²) < 4.78 is 1.81. The van der Waals surface area contributed by atoms with Crippen molar-refractivity contribution >= 4 is 11.6 Å². The first-order valence-electron chi connectivity index (χ1n) is 6.45. The summed E-state index contributed by atoms with van der Waals surface area (Å²) in [6.07, 6.45) is 2.80. The van der Waals surface area contributed by atoms with Crippen molar-refractivity contribution in [1.82, 2.24) is 14.7 Å². The van der Waals surface area contributed by atoms with E-state index in [0.717, 1.165) is 31.6 Å². The summed E-state index contributed by atoms with van der Waals surface area (Å²) in [6.45, 7) is 5.92. The fourth-order valence-corrected chi connectivity index (χ4v) is 2.07. The van der Waals surface area contributed by atoms with E-state index >= 15 is 0 Å². The van der Waals surface area contributed by atoms with Crippen molar-refractivity contribution in [3.63, 3.8) is 0 Å². The van der Waals surface area contributed by atoms with Crippen molar-refractivity contribution in [3.8, 4) is 0 Å². The Hall–Kier alpha value is -0.580. The van der Waals surface area contributed by atoms with E-state index in [4.69, 9.17) is 11.6 Å². The summed E-state index contributed by atoms with van der Waals surface area (Å²) >= 11 is 6.11. The molecule has 0 aromatic carbocycles. The largest absolute Gasteiger partial charge is 0.387 e. The standard InChI is InChI=1S/C13H24ClN3O/c1-10(2)5-6-12(18)13-11(14)9-15-17(13)8-7-16(3)4/h9-10,12,18H,5-8H2,1-4H3. The Bertz CT molecular complexity index is 363. The molecule has 0 saturated carbocycles. The second-order valence-corrected chi connectivity index (χ2v) is 5.80. The van der Waals surface area contributed by atoms with Gasteiger partial charge in [-0.05, 0) is 32.9 Å². The Morgan fingerprint density at radius 1 is 1.39 bits per heavy atom. The highest BCUT2D eigenvalue weighted by Gasteiger charge is 2.18. The Morgan fingerprint density at radius 2 is 2.06 bits per heavy atom. The number of hydrogen-bond donors (Lipinski definition) is 1. The van der Waals surface area contributed by atoms with Gasteiger partial charge in [0.1, 0.15) is 0 Å². The molecule has 0 aliphatic carbocycles. The van der Waals surface area contributed by atoms with Crippen LogP contribution in [-0.4, -0.2) is 40.4 Å². The molecule has 1 unspecified atom stereocenters. The van der Waals surface area contributed by atoms with Crippen molar-refractivity contribution < 1.29 is 5.11 Å². The molecule has 0 aliphatic heterocycles. The van der Waals surface area contributed by atoms with Crippen molar-refractivity contribution in [2.45, 2.75) is 39.3 Å². The van der Waals surface area contributed by atoms with E-state index in [0.29, 0.717) is 10.9 Å². The number of rotatable bonds is 7. The minimum Gasteiger partial charge on any atom is -0.387 e. The van der Waals surface area contributed by atoms with Gasteiger partial charge in [-0.25, -0.2) is 0 Å². The van der Waals surface area contributed by atoms with Gasteiger partial charge < -0.3 is 10.0 Å². The van der Waals surface area contributed by atoms with Gasteiger partial charge in [0.05, 0.1) is 29.6 Å². The average Bonchev–Trinajstić information content (AvgIpc) is 2.64. The molecule has 0 aliphatic rings. The van der Waals surface area contributed by atoms with Gasteiger partial charge in [0.25, 0.3) is 0 Å². The molecule has 0 amide bonds. The van der Waals surface area contributed by atoms with Crippen LogP contribution < -0.4 is 0 Å². The van der Waals surface area contributed by atoms with E-state index in [1.807, 2.05) is 18.8 Å². The monoisotopic (exact) mass is 273 g/mol. The van der Waals surface area contributed by atoms with Gasteiger partial charge in [-0.15, -0.1) is 0 Å². The van der Waals surface area contributed by atoms with Gasteiger partial charge in [0.2, 0.25) is 0 Å². The van der Waals surface area contributed by atoms with Crippen LogP contribution in [0.1, 0.15) is 38.5 Å². The summed E-state index contributed by atoms with van der Waals surface area (Å²) in [6, 6.07) is 0. The Morgan fingerprint density at radius 3 is 2.61 bits per heavy atom. The lowest BCUT2D eigenvalue weighted by Crippen LogP contribution is -2.21. The lowest BCUT2D eigenvalue weighted by Gasteiger charge is -2.16. The molecule has 0 bridgehead atoms. The lowest BCUT2D eigenvalue weighted by atomic mass is 10.0. The van der Waals surface area contributed by atoms with Crippen LogP contribution >= 0.6 is 11.6 Å². The fraction of sp³-hybridized carbons (Fsp3) is 0.769. The summed E-state index contributed by atoms with van der Waals surface area (Å²) in [7, 11) is 4.03. The van der Waals surface area contributed by atoms with E-state index in [1.165, 1.54) is 0 Å². The molecule has 1 aromatic heterocycles. The average molecular weight is 274 g/mol. The minimum atomic E-state index is -0.524. The smallest absolute Gasteiger partial charge is 0.0971 e. The third-order valence-corrected chi connectivity index (χ3v) is 3.22. The van der Waals surface area contributed by atoms with Crippen LogP contribution in [0.2, 0.25) is 5.02 Å². The lowest BCUT2D eigenvalue weighted by molar-refractivity contribution is 0.147. The summed E-state index contributed by atoms with van der Waals surface area (Å²) in [5, 5.41) is 15.0.